The van der Waals surface area contributed by atoms with Crippen LogP contribution in [0.1, 0.15) is 56.2 Å². The summed E-state index contributed by atoms with van der Waals surface area (Å²) in [5.74, 6) is 0. The van der Waals surface area contributed by atoms with E-state index in [1.165, 1.54) is 69.0 Å². The molecule has 2 bridgehead atoms. The zero-order chi connectivity index (χ0) is 9.64. The second-order valence-corrected chi connectivity index (χ2v) is 4.51. The van der Waals surface area contributed by atoms with Crippen molar-refractivity contribution in [2.24, 2.45) is 0 Å². The summed E-state index contributed by atoms with van der Waals surface area (Å²) >= 11 is 0. The topological polar surface area (TPSA) is 15.8 Å². The van der Waals surface area contributed by atoms with Gasteiger partial charge in [0.15, 0.2) is 0 Å². The summed E-state index contributed by atoms with van der Waals surface area (Å²) < 4.78 is 0. The van der Waals surface area contributed by atoms with Crippen molar-refractivity contribution in [3.63, 3.8) is 0 Å². The van der Waals surface area contributed by atoms with Gasteiger partial charge in [-0.05, 0) is 37.3 Å². The van der Waals surface area contributed by atoms with Crippen molar-refractivity contribution in [3.05, 3.63) is 23.5 Å². The second kappa shape index (κ2) is 5.23. The van der Waals surface area contributed by atoms with Gasteiger partial charge < -0.3 is 4.98 Å². The molecule has 0 aliphatic heterocycles. The number of hydrogen-bond donors (Lipinski definition) is 1. The molecule has 1 aromatic heterocycles. The molecule has 0 fully saturated rings. The second-order valence-electron chi connectivity index (χ2n) is 4.51. The van der Waals surface area contributed by atoms with Gasteiger partial charge in [-0.2, -0.15) is 0 Å². The molecule has 2 rings (SSSR count). The Bertz CT molecular complexity index is 237. The lowest BCUT2D eigenvalue weighted by molar-refractivity contribution is 0.576. The molecule has 0 unspecified atom stereocenters. The third kappa shape index (κ3) is 2.90. The fourth-order valence-corrected chi connectivity index (χ4v) is 2.31. The van der Waals surface area contributed by atoms with Crippen LogP contribution in [0, 0.1) is 0 Å². The fraction of sp³-hybridized carbons (Fsp3) is 0.692. The zero-order valence-electron chi connectivity index (χ0n) is 9.02. The molecule has 78 valence electrons. The molecule has 0 saturated carbocycles. The van der Waals surface area contributed by atoms with Gasteiger partial charge in [-0.3, -0.25) is 0 Å². The van der Waals surface area contributed by atoms with Crippen molar-refractivity contribution in [3.8, 4) is 0 Å². The first-order valence-corrected chi connectivity index (χ1v) is 6.11. The lowest BCUT2D eigenvalue weighted by atomic mass is 10.0. The molecule has 0 radical (unpaired) electrons. The van der Waals surface area contributed by atoms with E-state index in [4.69, 9.17) is 0 Å². The number of fused-ring (bicyclic) bond motifs is 2. The summed E-state index contributed by atoms with van der Waals surface area (Å²) in [6, 6.07) is 2.36. The van der Waals surface area contributed by atoms with Gasteiger partial charge in [0, 0.05) is 11.9 Å². The van der Waals surface area contributed by atoms with E-state index in [1.54, 1.807) is 0 Å². The van der Waals surface area contributed by atoms with Gasteiger partial charge in [0.05, 0.1) is 0 Å². The predicted octanol–water partition coefficient (Wildman–Crippen LogP) is 3.84. The third-order valence-electron chi connectivity index (χ3n) is 3.21. The Morgan fingerprint density at radius 2 is 1.43 bits per heavy atom. The van der Waals surface area contributed by atoms with Crippen LogP contribution in [0.25, 0.3) is 0 Å². The van der Waals surface area contributed by atoms with Gasteiger partial charge >= 0.3 is 0 Å². The number of aryl methyl sites for hydroxylation is 2. The quantitative estimate of drug-likeness (QED) is 0.641. The smallest absolute Gasteiger partial charge is 0.0149 e. The minimum absolute atomic E-state index is 1.25. The van der Waals surface area contributed by atoms with Crippen LogP contribution in [0.3, 0.4) is 0 Å². The summed E-state index contributed by atoms with van der Waals surface area (Å²) in [6.45, 7) is 0. The van der Waals surface area contributed by atoms with Crippen molar-refractivity contribution < 1.29 is 0 Å². The summed E-state index contributed by atoms with van der Waals surface area (Å²) in [4.78, 5) is 3.39. The Hall–Kier alpha value is -0.720. The first kappa shape index (κ1) is 9.82. The Morgan fingerprint density at radius 1 is 0.786 bits per heavy atom. The summed E-state index contributed by atoms with van der Waals surface area (Å²) in [7, 11) is 0. The summed E-state index contributed by atoms with van der Waals surface area (Å²) in [6.07, 6.45) is 14.6. The van der Waals surface area contributed by atoms with Gasteiger partial charge in [0.2, 0.25) is 0 Å². The molecule has 0 saturated heterocycles. The largest absolute Gasteiger partial charge is 0.365 e. The van der Waals surface area contributed by atoms with Crippen LogP contribution in [-0.2, 0) is 12.8 Å². The molecule has 1 nitrogen and oxygen atoms in total. The molecule has 1 heteroatoms. The monoisotopic (exact) mass is 191 g/mol. The van der Waals surface area contributed by atoms with Gasteiger partial charge in [-0.15, -0.1) is 0 Å². The van der Waals surface area contributed by atoms with E-state index in [-0.39, 0.29) is 0 Å². The number of H-pyrrole nitrogens is 1. The van der Waals surface area contributed by atoms with E-state index in [0.717, 1.165) is 0 Å². The van der Waals surface area contributed by atoms with Crippen LogP contribution in [0.5, 0.6) is 0 Å². The molecule has 1 N–H and O–H groups in total. The van der Waals surface area contributed by atoms with E-state index in [2.05, 4.69) is 17.2 Å². The third-order valence-corrected chi connectivity index (χ3v) is 3.21. The first-order valence-electron chi connectivity index (χ1n) is 6.11. The van der Waals surface area contributed by atoms with Crippen LogP contribution >= 0.6 is 0 Å². The van der Waals surface area contributed by atoms with E-state index in [0.29, 0.717) is 0 Å². The molecule has 0 aromatic carbocycles. The Balaban J connectivity index is 1.93. The number of nitrogens with one attached hydrogen (secondary N) is 1. The maximum Gasteiger partial charge on any atom is 0.0149 e. The molecule has 1 aromatic rings. The minimum Gasteiger partial charge on any atom is -0.365 e. The van der Waals surface area contributed by atoms with Gasteiger partial charge in [-0.25, -0.2) is 0 Å². The zero-order valence-corrected chi connectivity index (χ0v) is 9.02. The van der Waals surface area contributed by atoms with Crippen molar-refractivity contribution >= 4 is 0 Å². The highest BCUT2D eigenvalue weighted by Crippen LogP contribution is 2.15. The maximum atomic E-state index is 3.39. The lowest BCUT2D eigenvalue weighted by Crippen LogP contribution is -1.88. The molecular weight excluding hydrogens is 170 g/mol. The molecule has 0 amide bonds. The number of hydrogen-bond acceptors (Lipinski definition) is 0. The predicted molar refractivity (Wildman–Crippen MR) is 60.5 cm³/mol. The molecule has 1 heterocycles. The van der Waals surface area contributed by atoms with Crippen LogP contribution in [0.2, 0.25) is 0 Å². The van der Waals surface area contributed by atoms with Crippen molar-refractivity contribution in [2.75, 3.05) is 0 Å². The van der Waals surface area contributed by atoms with Crippen LogP contribution < -0.4 is 0 Å². The Morgan fingerprint density at radius 3 is 2.21 bits per heavy atom. The number of rotatable bonds is 0. The lowest BCUT2D eigenvalue weighted by Gasteiger charge is -2.03. The Labute approximate surface area is 86.9 Å². The van der Waals surface area contributed by atoms with Gasteiger partial charge in [-0.1, -0.05) is 32.1 Å². The highest BCUT2D eigenvalue weighted by Gasteiger charge is 2.01. The fourth-order valence-electron chi connectivity index (χ4n) is 2.31. The van der Waals surface area contributed by atoms with E-state index < -0.39 is 0 Å². The van der Waals surface area contributed by atoms with Crippen molar-refractivity contribution in [1.29, 1.82) is 0 Å². The standard InChI is InChI=1S/C13H21N/c1-2-4-6-8-12-10-13(14-11-12)9-7-5-3-1/h10-11,14H,1-9H2. The average molecular weight is 191 g/mol. The van der Waals surface area contributed by atoms with Crippen molar-refractivity contribution in [1.82, 2.24) is 4.98 Å². The molecule has 0 atom stereocenters. The molecule has 1 aliphatic carbocycles. The Kier molecular flexibility index (Phi) is 3.67. The van der Waals surface area contributed by atoms with Crippen LogP contribution in [0.4, 0.5) is 0 Å². The van der Waals surface area contributed by atoms with Gasteiger partial charge in [0.25, 0.3) is 0 Å². The average Bonchev–Trinajstić information content (AvgIpc) is 2.61. The van der Waals surface area contributed by atoms with Crippen molar-refractivity contribution in [2.45, 2.75) is 57.8 Å². The molecule has 1 aliphatic rings. The van der Waals surface area contributed by atoms with Crippen LogP contribution in [-0.4, -0.2) is 4.98 Å². The van der Waals surface area contributed by atoms with E-state index in [1.807, 2.05) is 0 Å². The normalized spacial score (nSPS) is 19.7. The molecular formula is C13H21N. The van der Waals surface area contributed by atoms with E-state index >= 15 is 0 Å². The first-order chi connectivity index (χ1) is 6.95. The molecule has 14 heavy (non-hydrogen) atoms. The number of aromatic nitrogens is 1. The highest BCUT2D eigenvalue weighted by molar-refractivity contribution is 5.16. The summed E-state index contributed by atoms with van der Waals surface area (Å²) in [5.41, 5.74) is 2.96. The SMILES string of the molecule is c1[nH]c2cc1CCCCCCCCC2. The van der Waals surface area contributed by atoms with Crippen LogP contribution in [0.15, 0.2) is 12.3 Å². The number of aromatic amines is 1. The maximum absolute atomic E-state index is 3.39. The van der Waals surface area contributed by atoms with E-state index in [9.17, 15) is 0 Å². The summed E-state index contributed by atoms with van der Waals surface area (Å²) in [5, 5.41) is 0. The molecule has 0 spiro atoms. The minimum atomic E-state index is 1.25. The highest BCUT2D eigenvalue weighted by atomic mass is 14.7. The van der Waals surface area contributed by atoms with Gasteiger partial charge in [0.1, 0.15) is 0 Å².